The normalized spacial score (nSPS) is 26.0. The summed E-state index contributed by atoms with van der Waals surface area (Å²) in [6, 6.07) is 21.5. The molecule has 2 fully saturated rings. The van der Waals surface area contributed by atoms with Gasteiger partial charge in [-0.3, -0.25) is 9.69 Å². The molecule has 1 saturated carbocycles. The van der Waals surface area contributed by atoms with Crippen LogP contribution in [0.5, 0.6) is 0 Å². The smallest absolute Gasteiger partial charge is 0.312 e. The van der Waals surface area contributed by atoms with E-state index in [1.807, 2.05) is 0 Å². The number of esters is 1. The van der Waals surface area contributed by atoms with Crippen LogP contribution in [-0.2, 0) is 22.6 Å². The van der Waals surface area contributed by atoms with Gasteiger partial charge in [0.05, 0.1) is 12.0 Å². The van der Waals surface area contributed by atoms with Gasteiger partial charge in [-0.05, 0) is 36.8 Å². The molecule has 2 aromatic rings. The Labute approximate surface area is 149 Å². The van der Waals surface area contributed by atoms with Crippen LogP contribution in [0.3, 0.4) is 0 Å². The molecule has 0 radical (unpaired) electrons. The number of carbonyl (C=O) groups is 1. The van der Waals surface area contributed by atoms with Crippen LogP contribution < -0.4 is 0 Å². The summed E-state index contributed by atoms with van der Waals surface area (Å²) < 4.78 is 5.27. The van der Waals surface area contributed by atoms with Crippen molar-refractivity contribution in [2.75, 3.05) is 6.61 Å². The molecule has 2 aromatic carbocycles. The number of rotatable bonds is 6. The van der Waals surface area contributed by atoms with Crippen LogP contribution in [0.2, 0.25) is 0 Å². The van der Waals surface area contributed by atoms with Crippen molar-refractivity contribution in [1.29, 1.82) is 0 Å². The van der Waals surface area contributed by atoms with Gasteiger partial charge in [0, 0.05) is 19.1 Å². The van der Waals surface area contributed by atoms with Gasteiger partial charge in [0.1, 0.15) is 0 Å². The molecule has 1 saturated heterocycles. The number of benzene rings is 2. The van der Waals surface area contributed by atoms with Crippen LogP contribution in [-0.4, -0.2) is 23.5 Å². The highest BCUT2D eigenvalue weighted by Crippen LogP contribution is 2.61. The molecule has 0 aromatic heterocycles. The Morgan fingerprint density at radius 1 is 1.04 bits per heavy atom. The quantitative estimate of drug-likeness (QED) is 0.747. The lowest BCUT2D eigenvalue weighted by Crippen LogP contribution is -2.36. The lowest BCUT2D eigenvalue weighted by molar-refractivity contribution is -0.143. The Hall–Kier alpha value is -2.13. The third-order valence-electron chi connectivity index (χ3n) is 5.94. The standard InChI is InChI=1S/C22H25NO2/c1-17(20-14-22(20)12-13-25-21(22)24)23(15-18-8-4-2-5-9-18)16-19-10-6-3-7-11-19/h2-11,17,20H,12-16H2,1H3/t17-,20+,22+/m0/s1. The van der Waals surface area contributed by atoms with Crippen molar-refractivity contribution in [3.63, 3.8) is 0 Å². The van der Waals surface area contributed by atoms with Crippen molar-refractivity contribution < 1.29 is 9.53 Å². The second-order valence-corrected chi connectivity index (χ2v) is 7.47. The maximum absolute atomic E-state index is 12.2. The van der Waals surface area contributed by atoms with E-state index < -0.39 is 0 Å². The van der Waals surface area contributed by atoms with Crippen molar-refractivity contribution in [2.45, 2.75) is 38.9 Å². The zero-order valence-electron chi connectivity index (χ0n) is 14.7. The van der Waals surface area contributed by atoms with E-state index >= 15 is 0 Å². The van der Waals surface area contributed by atoms with Gasteiger partial charge in [-0.25, -0.2) is 0 Å². The SMILES string of the molecule is C[C@@H]([C@H]1C[C@]12CCOC2=O)N(Cc1ccccc1)Cc1ccccc1. The fourth-order valence-corrected chi connectivity index (χ4v) is 4.29. The Kier molecular flexibility index (Phi) is 4.34. The van der Waals surface area contributed by atoms with Gasteiger partial charge in [0.2, 0.25) is 0 Å². The fraction of sp³-hybridized carbons (Fsp3) is 0.409. The number of carbonyl (C=O) groups excluding carboxylic acids is 1. The average molecular weight is 335 g/mol. The first-order chi connectivity index (χ1) is 12.2. The molecule has 0 amide bonds. The molecule has 130 valence electrons. The average Bonchev–Trinajstić information content (AvgIpc) is 3.27. The Morgan fingerprint density at radius 3 is 2.08 bits per heavy atom. The van der Waals surface area contributed by atoms with Gasteiger partial charge in [-0.2, -0.15) is 0 Å². The molecule has 2 aliphatic rings. The van der Waals surface area contributed by atoms with Gasteiger partial charge in [-0.15, -0.1) is 0 Å². The molecule has 3 heteroatoms. The first kappa shape index (κ1) is 16.3. The molecule has 25 heavy (non-hydrogen) atoms. The van der Waals surface area contributed by atoms with Gasteiger partial charge in [0.25, 0.3) is 0 Å². The van der Waals surface area contributed by atoms with E-state index in [4.69, 9.17) is 4.74 Å². The third-order valence-corrected chi connectivity index (χ3v) is 5.94. The maximum Gasteiger partial charge on any atom is 0.312 e. The molecule has 1 aliphatic heterocycles. The minimum Gasteiger partial charge on any atom is -0.465 e. The van der Waals surface area contributed by atoms with Gasteiger partial charge in [0.15, 0.2) is 0 Å². The summed E-state index contributed by atoms with van der Waals surface area (Å²) >= 11 is 0. The highest BCUT2D eigenvalue weighted by Gasteiger charge is 2.65. The Balaban J connectivity index is 1.53. The summed E-state index contributed by atoms with van der Waals surface area (Å²) in [4.78, 5) is 14.7. The molecular weight excluding hydrogens is 310 g/mol. The zero-order chi connectivity index (χ0) is 17.3. The first-order valence-corrected chi connectivity index (χ1v) is 9.18. The summed E-state index contributed by atoms with van der Waals surface area (Å²) in [7, 11) is 0. The number of nitrogens with zero attached hydrogens (tertiary/aromatic N) is 1. The molecule has 4 rings (SSSR count). The maximum atomic E-state index is 12.2. The van der Waals surface area contributed by atoms with Crippen molar-refractivity contribution >= 4 is 5.97 Å². The molecule has 0 bridgehead atoms. The molecule has 1 aliphatic carbocycles. The van der Waals surface area contributed by atoms with Crippen LogP contribution in [0.1, 0.15) is 30.9 Å². The predicted molar refractivity (Wildman–Crippen MR) is 97.7 cm³/mol. The van der Waals surface area contributed by atoms with Gasteiger partial charge >= 0.3 is 5.97 Å². The van der Waals surface area contributed by atoms with E-state index in [1.165, 1.54) is 11.1 Å². The molecular formula is C22H25NO2. The topological polar surface area (TPSA) is 29.5 Å². The summed E-state index contributed by atoms with van der Waals surface area (Å²) in [5, 5.41) is 0. The van der Waals surface area contributed by atoms with Crippen molar-refractivity contribution in [3.05, 3.63) is 71.8 Å². The molecule has 0 N–H and O–H groups in total. The summed E-state index contributed by atoms with van der Waals surface area (Å²) in [6.45, 7) is 4.67. The van der Waals surface area contributed by atoms with Crippen molar-refractivity contribution in [2.24, 2.45) is 11.3 Å². The highest BCUT2D eigenvalue weighted by atomic mass is 16.5. The predicted octanol–water partition coefficient (Wildman–Crippen LogP) is 4.03. The summed E-state index contributed by atoms with van der Waals surface area (Å²) in [5.41, 5.74) is 2.44. The van der Waals surface area contributed by atoms with Crippen LogP contribution in [0.4, 0.5) is 0 Å². The van der Waals surface area contributed by atoms with Crippen LogP contribution in [0, 0.1) is 11.3 Å². The van der Waals surface area contributed by atoms with E-state index in [2.05, 4.69) is 72.5 Å². The van der Waals surface area contributed by atoms with E-state index in [9.17, 15) is 4.79 Å². The largest absolute Gasteiger partial charge is 0.465 e. The molecule has 3 atom stereocenters. The van der Waals surface area contributed by atoms with Crippen LogP contribution in [0.25, 0.3) is 0 Å². The second kappa shape index (κ2) is 6.64. The number of hydrogen-bond acceptors (Lipinski definition) is 3. The molecule has 3 nitrogen and oxygen atoms in total. The number of hydrogen-bond donors (Lipinski definition) is 0. The van der Waals surface area contributed by atoms with E-state index in [0.717, 1.165) is 25.9 Å². The highest BCUT2D eigenvalue weighted by molar-refractivity contribution is 5.82. The van der Waals surface area contributed by atoms with Crippen molar-refractivity contribution in [1.82, 2.24) is 4.90 Å². The van der Waals surface area contributed by atoms with Crippen LogP contribution >= 0.6 is 0 Å². The van der Waals surface area contributed by atoms with Crippen LogP contribution in [0.15, 0.2) is 60.7 Å². The monoisotopic (exact) mass is 335 g/mol. The molecule has 1 heterocycles. The minimum atomic E-state index is -0.189. The second-order valence-electron chi connectivity index (χ2n) is 7.47. The van der Waals surface area contributed by atoms with E-state index in [1.54, 1.807) is 0 Å². The lowest BCUT2D eigenvalue weighted by Gasteiger charge is -2.30. The van der Waals surface area contributed by atoms with Crippen molar-refractivity contribution in [3.8, 4) is 0 Å². The van der Waals surface area contributed by atoms with Gasteiger partial charge in [-0.1, -0.05) is 60.7 Å². The first-order valence-electron chi connectivity index (χ1n) is 9.18. The molecule has 1 spiro atoms. The summed E-state index contributed by atoms with van der Waals surface area (Å²) in [6.07, 6.45) is 1.87. The minimum absolute atomic E-state index is 0.0312. The Bertz CT molecular complexity index is 689. The van der Waals surface area contributed by atoms with E-state index in [0.29, 0.717) is 18.6 Å². The fourth-order valence-electron chi connectivity index (χ4n) is 4.29. The zero-order valence-corrected chi connectivity index (χ0v) is 14.7. The Morgan fingerprint density at radius 2 is 1.60 bits per heavy atom. The number of ether oxygens (including phenoxy) is 1. The third kappa shape index (κ3) is 3.21. The lowest BCUT2D eigenvalue weighted by atomic mass is 9.97. The van der Waals surface area contributed by atoms with E-state index in [-0.39, 0.29) is 11.4 Å². The molecule has 0 unspecified atom stereocenters. The summed E-state index contributed by atoms with van der Waals surface area (Å²) in [5.74, 6) is 0.443. The van der Waals surface area contributed by atoms with Gasteiger partial charge < -0.3 is 4.74 Å². The number of cyclic esters (lactones) is 1.